The molecular weight excluding hydrogens is 168 g/mol. The Balaban J connectivity index is 2.45. The van der Waals surface area contributed by atoms with Gasteiger partial charge in [0.1, 0.15) is 0 Å². The molecule has 0 radical (unpaired) electrons. The molecule has 0 amide bonds. The van der Waals surface area contributed by atoms with Crippen LogP contribution in [0.2, 0.25) is 0 Å². The van der Waals surface area contributed by atoms with Crippen molar-refractivity contribution >= 4 is 11.4 Å². The molecule has 1 aliphatic rings. The summed E-state index contributed by atoms with van der Waals surface area (Å²) in [5.41, 5.74) is 2.23. The molecule has 1 aromatic carbocycles. The first kappa shape index (κ1) is 8.04. The molecule has 0 bridgehead atoms. The Hall–Kier alpha value is -1.58. The summed E-state index contributed by atoms with van der Waals surface area (Å²) in [4.78, 5) is 10.1. The monoisotopic (exact) mass is 178 g/mol. The van der Waals surface area contributed by atoms with Crippen LogP contribution in [0, 0.1) is 10.1 Å². The summed E-state index contributed by atoms with van der Waals surface area (Å²) in [7, 11) is 0. The van der Waals surface area contributed by atoms with Gasteiger partial charge in [-0.05, 0) is 11.6 Å². The molecule has 2 rings (SSSR count). The van der Waals surface area contributed by atoms with Crippen molar-refractivity contribution in [2.24, 2.45) is 0 Å². The van der Waals surface area contributed by atoms with Gasteiger partial charge in [0.05, 0.1) is 4.92 Å². The van der Waals surface area contributed by atoms with Crippen LogP contribution in [-0.2, 0) is 0 Å². The number of rotatable bonds is 1. The molecule has 1 atom stereocenters. The Labute approximate surface area is 75.7 Å². The second kappa shape index (κ2) is 2.73. The van der Waals surface area contributed by atoms with E-state index in [0.29, 0.717) is 5.92 Å². The molecule has 0 fully saturated rings. The molecule has 4 nitrogen and oxygen atoms in total. The lowest BCUT2D eigenvalue weighted by Gasteiger charge is -2.00. The number of benzene rings is 1. The van der Waals surface area contributed by atoms with Gasteiger partial charge in [-0.15, -0.1) is 0 Å². The average molecular weight is 178 g/mol. The van der Waals surface area contributed by atoms with E-state index in [-0.39, 0.29) is 10.6 Å². The zero-order chi connectivity index (χ0) is 9.42. The standard InChI is InChI=1S/C9H10N2O2/c1-6-5-10-9-4-7(11(12)13)2-3-8(6)9/h2-4,6,10H,5H2,1H3. The Kier molecular flexibility index (Phi) is 1.69. The number of nitrogens with zero attached hydrogens (tertiary/aromatic N) is 1. The molecule has 4 heteroatoms. The highest BCUT2D eigenvalue weighted by Gasteiger charge is 2.20. The largest absolute Gasteiger partial charge is 0.384 e. The second-order valence-corrected chi connectivity index (χ2v) is 3.31. The van der Waals surface area contributed by atoms with Gasteiger partial charge >= 0.3 is 0 Å². The lowest BCUT2D eigenvalue weighted by atomic mass is 10.0. The van der Waals surface area contributed by atoms with Crippen molar-refractivity contribution in [2.75, 3.05) is 11.9 Å². The zero-order valence-corrected chi connectivity index (χ0v) is 7.28. The van der Waals surface area contributed by atoms with Gasteiger partial charge in [0.15, 0.2) is 0 Å². The Morgan fingerprint density at radius 2 is 2.38 bits per heavy atom. The van der Waals surface area contributed by atoms with Gasteiger partial charge in [0, 0.05) is 30.3 Å². The highest BCUT2D eigenvalue weighted by Crippen LogP contribution is 2.33. The number of non-ortho nitro benzene ring substituents is 1. The van der Waals surface area contributed by atoms with Crippen LogP contribution in [-0.4, -0.2) is 11.5 Å². The molecule has 1 aromatic rings. The first-order valence-electron chi connectivity index (χ1n) is 4.20. The third-order valence-electron chi connectivity index (χ3n) is 2.38. The molecular formula is C9H10N2O2. The van der Waals surface area contributed by atoms with E-state index >= 15 is 0 Å². The van der Waals surface area contributed by atoms with E-state index in [2.05, 4.69) is 12.2 Å². The predicted octanol–water partition coefficient (Wildman–Crippen LogP) is 2.12. The fourth-order valence-corrected chi connectivity index (χ4v) is 1.61. The number of nitrogens with one attached hydrogen (secondary N) is 1. The third-order valence-corrected chi connectivity index (χ3v) is 2.38. The molecule has 13 heavy (non-hydrogen) atoms. The van der Waals surface area contributed by atoms with Crippen molar-refractivity contribution in [3.05, 3.63) is 33.9 Å². The first-order chi connectivity index (χ1) is 6.18. The molecule has 1 unspecified atom stereocenters. The van der Waals surface area contributed by atoms with Gasteiger partial charge < -0.3 is 5.32 Å². The first-order valence-corrected chi connectivity index (χ1v) is 4.20. The lowest BCUT2D eigenvalue weighted by molar-refractivity contribution is -0.384. The maximum absolute atomic E-state index is 10.5. The number of fused-ring (bicyclic) bond motifs is 1. The number of nitro benzene ring substituents is 1. The maximum Gasteiger partial charge on any atom is 0.271 e. The molecule has 0 spiro atoms. The van der Waals surface area contributed by atoms with Crippen LogP contribution in [0.5, 0.6) is 0 Å². The maximum atomic E-state index is 10.5. The Bertz CT molecular complexity index is 363. The summed E-state index contributed by atoms with van der Waals surface area (Å²) < 4.78 is 0. The van der Waals surface area contributed by atoms with Crippen LogP contribution in [0.4, 0.5) is 11.4 Å². The summed E-state index contributed by atoms with van der Waals surface area (Å²) in [6.07, 6.45) is 0. The van der Waals surface area contributed by atoms with E-state index in [0.717, 1.165) is 12.2 Å². The smallest absolute Gasteiger partial charge is 0.271 e. The van der Waals surface area contributed by atoms with Gasteiger partial charge in [0.2, 0.25) is 0 Å². The van der Waals surface area contributed by atoms with Crippen molar-refractivity contribution in [2.45, 2.75) is 12.8 Å². The predicted molar refractivity (Wildman–Crippen MR) is 50.0 cm³/mol. The van der Waals surface area contributed by atoms with Crippen LogP contribution in [0.3, 0.4) is 0 Å². The highest BCUT2D eigenvalue weighted by molar-refractivity contribution is 5.62. The van der Waals surface area contributed by atoms with E-state index < -0.39 is 0 Å². The second-order valence-electron chi connectivity index (χ2n) is 3.31. The van der Waals surface area contributed by atoms with Crippen LogP contribution < -0.4 is 5.32 Å². The van der Waals surface area contributed by atoms with E-state index in [1.165, 1.54) is 5.56 Å². The van der Waals surface area contributed by atoms with Crippen LogP contribution in [0.25, 0.3) is 0 Å². The van der Waals surface area contributed by atoms with Gasteiger partial charge in [-0.2, -0.15) is 0 Å². The summed E-state index contributed by atoms with van der Waals surface area (Å²) in [5.74, 6) is 0.454. The molecule has 1 aliphatic heterocycles. The number of anilines is 1. The molecule has 0 saturated carbocycles. The minimum absolute atomic E-state index is 0.153. The fraction of sp³-hybridized carbons (Fsp3) is 0.333. The van der Waals surface area contributed by atoms with Gasteiger partial charge in [-0.25, -0.2) is 0 Å². The summed E-state index contributed by atoms with van der Waals surface area (Å²) >= 11 is 0. The Morgan fingerprint density at radius 1 is 1.62 bits per heavy atom. The summed E-state index contributed by atoms with van der Waals surface area (Å²) in [6, 6.07) is 4.99. The number of hydrogen-bond acceptors (Lipinski definition) is 3. The van der Waals surface area contributed by atoms with Crippen molar-refractivity contribution in [3.63, 3.8) is 0 Å². The molecule has 68 valence electrons. The van der Waals surface area contributed by atoms with Crippen molar-refractivity contribution in [1.29, 1.82) is 0 Å². The quantitative estimate of drug-likeness (QED) is 0.529. The summed E-state index contributed by atoms with van der Waals surface area (Å²) in [6.45, 7) is 2.97. The molecule has 0 aliphatic carbocycles. The SMILES string of the molecule is CC1CNc2cc([N+](=O)[O-])ccc21. The highest BCUT2D eigenvalue weighted by atomic mass is 16.6. The van der Waals surface area contributed by atoms with Gasteiger partial charge in [0.25, 0.3) is 5.69 Å². The molecule has 1 heterocycles. The van der Waals surface area contributed by atoms with Crippen molar-refractivity contribution in [3.8, 4) is 0 Å². The zero-order valence-electron chi connectivity index (χ0n) is 7.28. The van der Waals surface area contributed by atoms with E-state index in [9.17, 15) is 10.1 Å². The van der Waals surface area contributed by atoms with Crippen LogP contribution in [0.15, 0.2) is 18.2 Å². The number of hydrogen-bond donors (Lipinski definition) is 1. The normalized spacial score (nSPS) is 19.3. The van der Waals surface area contributed by atoms with E-state index in [1.54, 1.807) is 12.1 Å². The third kappa shape index (κ3) is 1.24. The fourth-order valence-electron chi connectivity index (χ4n) is 1.61. The summed E-state index contributed by atoms with van der Waals surface area (Å²) in [5, 5.41) is 13.6. The van der Waals surface area contributed by atoms with E-state index in [1.807, 2.05) is 6.07 Å². The lowest BCUT2D eigenvalue weighted by Crippen LogP contribution is -1.95. The minimum Gasteiger partial charge on any atom is -0.384 e. The van der Waals surface area contributed by atoms with Crippen molar-refractivity contribution in [1.82, 2.24) is 0 Å². The van der Waals surface area contributed by atoms with Crippen LogP contribution in [0.1, 0.15) is 18.4 Å². The number of nitro groups is 1. The molecule has 0 aromatic heterocycles. The molecule has 1 N–H and O–H groups in total. The van der Waals surface area contributed by atoms with E-state index in [4.69, 9.17) is 0 Å². The Morgan fingerprint density at radius 3 is 3.08 bits per heavy atom. The van der Waals surface area contributed by atoms with Gasteiger partial charge in [-0.3, -0.25) is 10.1 Å². The topological polar surface area (TPSA) is 55.2 Å². The van der Waals surface area contributed by atoms with Crippen LogP contribution >= 0.6 is 0 Å². The van der Waals surface area contributed by atoms with Gasteiger partial charge in [-0.1, -0.05) is 6.92 Å². The molecule has 0 saturated heterocycles. The van der Waals surface area contributed by atoms with Crippen molar-refractivity contribution < 1.29 is 4.92 Å². The minimum atomic E-state index is -0.370. The average Bonchev–Trinajstić information content (AvgIpc) is 2.47.